The molecule has 0 spiro atoms. The van der Waals surface area contributed by atoms with Gasteiger partial charge in [0.25, 0.3) is 0 Å². The van der Waals surface area contributed by atoms with Crippen LogP contribution in [-0.2, 0) is 9.53 Å². The van der Waals surface area contributed by atoms with Crippen LogP contribution in [0.1, 0.15) is 49.6 Å². The summed E-state index contributed by atoms with van der Waals surface area (Å²) in [7, 11) is 1.30. The van der Waals surface area contributed by atoms with E-state index in [0.29, 0.717) is 5.88 Å². The van der Waals surface area contributed by atoms with Gasteiger partial charge in [0.05, 0.1) is 7.11 Å². The van der Waals surface area contributed by atoms with Crippen molar-refractivity contribution in [2.24, 2.45) is 0 Å². The lowest BCUT2D eigenvalue weighted by Gasteiger charge is -2.40. The molecule has 1 aromatic rings. The standard InChI is InChI=1S/C14H19NO4/c1-14(8-4-3-5-9-14)15(10-16)12-7-6-11(19-12)13(17)18-2/h6-7,10H,3-5,8-9H2,1-2H3. The van der Waals surface area contributed by atoms with E-state index in [-0.39, 0.29) is 11.3 Å². The molecule has 0 aliphatic heterocycles. The maximum absolute atomic E-state index is 11.4. The number of furan rings is 1. The van der Waals surface area contributed by atoms with E-state index < -0.39 is 5.97 Å². The summed E-state index contributed by atoms with van der Waals surface area (Å²) in [6.45, 7) is 2.06. The number of methoxy groups -OCH3 is 1. The molecule has 0 aromatic carbocycles. The molecular formula is C14H19NO4. The minimum absolute atomic E-state index is 0.115. The summed E-state index contributed by atoms with van der Waals surface area (Å²) < 4.78 is 10.0. The van der Waals surface area contributed by atoms with Gasteiger partial charge < -0.3 is 9.15 Å². The summed E-state index contributed by atoms with van der Waals surface area (Å²) >= 11 is 0. The Balaban J connectivity index is 2.24. The van der Waals surface area contributed by atoms with Crippen molar-refractivity contribution in [2.75, 3.05) is 12.0 Å². The van der Waals surface area contributed by atoms with Gasteiger partial charge in [-0.05, 0) is 25.8 Å². The minimum atomic E-state index is -0.536. The van der Waals surface area contributed by atoms with E-state index in [1.807, 2.05) is 0 Å². The van der Waals surface area contributed by atoms with Crippen LogP contribution in [0.2, 0.25) is 0 Å². The van der Waals surface area contributed by atoms with Crippen LogP contribution in [-0.4, -0.2) is 25.0 Å². The highest BCUT2D eigenvalue weighted by molar-refractivity contribution is 5.87. The van der Waals surface area contributed by atoms with Gasteiger partial charge in [0, 0.05) is 11.6 Å². The smallest absolute Gasteiger partial charge is 0.374 e. The summed E-state index contributed by atoms with van der Waals surface area (Å²) in [5.74, 6) is -0.0190. The second-order valence-electron chi connectivity index (χ2n) is 5.16. The van der Waals surface area contributed by atoms with Crippen molar-refractivity contribution in [3.05, 3.63) is 17.9 Å². The van der Waals surface area contributed by atoms with Gasteiger partial charge in [-0.2, -0.15) is 0 Å². The molecule has 104 valence electrons. The summed E-state index contributed by atoms with van der Waals surface area (Å²) in [5.41, 5.74) is -0.231. The lowest BCUT2D eigenvalue weighted by molar-refractivity contribution is -0.108. The van der Waals surface area contributed by atoms with E-state index in [9.17, 15) is 9.59 Å². The van der Waals surface area contributed by atoms with Gasteiger partial charge in [0.2, 0.25) is 18.1 Å². The van der Waals surface area contributed by atoms with Crippen molar-refractivity contribution in [3.8, 4) is 0 Å². The third-order valence-corrected chi connectivity index (χ3v) is 3.83. The van der Waals surface area contributed by atoms with Gasteiger partial charge in [-0.15, -0.1) is 0 Å². The Bertz CT molecular complexity index is 460. The molecule has 1 fully saturated rings. The molecule has 0 atom stereocenters. The number of hydrogen-bond acceptors (Lipinski definition) is 4. The fourth-order valence-corrected chi connectivity index (χ4v) is 2.67. The van der Waals surface area contributed by atoms with Crippen LogP contribution in [0.25, 0.3) is 0 Å². The molecule has 1 aliphatic carbocycles. The molecule has 5 heteroatoms. The first-order chi connectivity index (χ1) is 9.10. The van der Waals surface area contributed by atoms with E-state index in [2.05, 4.69) is 11.7 Å². The zero-order valence-electron chi connectivity index (χ0n) is 11.3. The molecule has 0 unspecified atom stereocenters. The number of anilines is 1. The number of rotatable bonds is 4. The molecule has 1 heterocycles. The zero-order valence-corrected chi connectivity index (χ0v) is 11.3. The number of carbonyl (C=O) groups is 2. The molecule has 0 saturated heterocycles. The second-order valence-corrected chi connectivity index (χ2v) is 5.16. The highest BCUT2D eigenvalue weighted by Gasteiger charge is 2.35. The van der Waals surface area contributed by atoms with Crippen molar-refractivity contribution in [3.63, 3.8) is 0 Å². The molecule has 1 saturated carbocycles. The first kappa shape index (κ1) is 13.6. The number of ether oxygens (including phenoxy) is 1. The van der Waals surface area contributed by atoms with E-state index in [0.717, 1.165) is 32.1 Å². The highest BCUT2D eigenvalue weighted by Crippen LogP contribution is 2.36. The fraction of sp³-hybridized carbons (Fsp3) is 0.571. The molecule has 2 rings (SSSR count). The number of hydrogen-bond donors (Lipinski definition) is 0. The first-order valence-corrected chi connectivity index (χ1v) is 6.53. The van der Waals surface area contributed by atoms with Crippen LogP contribution in [0.5, 0.6) is 0 Å². The van der Waals surface area contributed by atoms with E-state index in [1.165, 1.54) is 19.6 Å². The Morgan fingerprint density at radius 2 is 2.05 bits per heavy atom. The molecule has 0 N–H and O–H groups in total. The van der Waals surface area contributed by atoms with E-state index in [4.69, 9.17) is 4.42 Å². The van der Waals surface area contributed by atoms with Crippen molar-refractivity contribution < 1.29 is 18.7 Å². The van der Waals surface area contributed by atoms with Crippen LogP contribution in [0.15, 0.2) is 16.5 Å². The number of carbonyl (C=O) groups excluding carboxylic acids is 2. The molecule has 1 aromatic heterocycles. The van der Waals surface area contributed by atoms with Crippen LogP contribution in [0.3, 0.4) is 0 Å². The van der Waals surface area contributed by atoms with Gasteiger partial charge in [0.15, 0.2) is 0 Å². The van der Waals surface area contributed by atoms with Crippen molar-refractivity contribution in [2.45, 2.75) is 44.6 Å². The third kappa shape index (κ3) is 2.64. The SMILES string of the molecule is COC(=O)c1ccc(N(C=O)C2(C)CCCCC2)o1. The predicted molar refractivity (Wildman–Crippen MR) is 70.1 cm³/mol. The van der Waals surface area contributed by atoms with Crippen molar-refractivity contribution in [1.82, 2.24) is 0 Å². The maximum Gasteiger partial charge on any atom is 0.374 e. The number of amides is 1. The van der Waals surface area contributed by atoms with Crippen molar-refractivity contribution in [1.29, 1.82) is 0 Å². The largest absolute Gasteiger partial charge is 0.463 e. The molecule has 0 radical (unpaired) electrons. The average molecular weight is 265 g/mol. The topological polar surface area (TPSA) is 59.8 Å². The van der Waals surface area contributed by atoms with E-state index >= 15 is 0 Å². The zero-order chi connectivity index (χ0) is 13.9. The maximum atomic E-state index is 11.4. The summed E-state index contributed by atoms with van der Waals surface area (Å²) in [6.07, 6.45) is 6.08. The Labute approximate surface area is 112 Å². The number of esters is 1. The molecule has 5 nitrogen and oxygen atoms in total. The van der Waals surface area contributed by atoms with Gasteiger partial charge in [-0.1, -0.05) is 19.3 Å². The Morgan fingerprint density at radius 3 is 2.63 bits per heavy atom. The van der Waals surface area contributed by atoms with E-state index in [1.54, 1.807) is 11.0 Å². The minimum Gasteiger partial charge on any atom is -0.463 e. The van der Waals surface area contributed by atoms with Crippen LogP contribution >= 0.6 is 0 Å². The van der Waals surface area contributed by atoms with Gasteiger partial charge >= 0.3 is 5.97 Å². The fourth-order valence-electron chi connectivity index (χ4n) is 2.67. The lowest BCUT2D eigenvalue weighted by atomic mass is 9.82. The monoisotopic (exact) mass is 265 g/mol. The Morgan fingerprint density at radius 1 is 1.37 bits per heavy atom. The van der Waals surface area contributed by atoms with Crippen LogP contribution < -0.4 is 4.90 Å². The summed E-state index contributed by atoms with van der Waals surface area (Å²) in [6, 6.07) is 3.17. The second kappa shape index (κ2) is 5.47. The lowest BCUT2D eigenvalue weighted by Crippen LogP contribution is -2.47. The highest BCUT2D eigenvalue weighted by atomic mass is 16.5. The molecular weight excluding hydrogens is 246 g/mol. The van der Waals surface area contributed by atoms with Gasteiger partial charge in [0.1, 0.15) is 0 Å². The molecule has 1 amide bonds. The van der Waals surface area contributed by atoms with Gasteiger partial charge in [-0.25, -0.2) is 4.79 Å². The molecule has 0 bridgehead atoms. The Hall–Kier alpha value is -1.78. The summed E-state index contributed by atoms with van der Waals surface area (Å²) in [4.78, 5) is 24.4. The van der Waals surface area contributed by atoms with Gasteiger partial charge in [-0.3, -0.25) is 9.69 Å². The normalized spacial score (nSPS) is 17.8. The Kier molecular flexibility index (Phi) is 3.93. The first-order valence-electron chi connectivity index (χ1n) is 6.53. The molecule has 1 aliphatic rings. The van der Waals surface area contributed by atoms with Crippen LogP contribution in [0, 0.1) is 0 Å². The predicted octanol–water partition coefficient (Wildman–Crippen LogP) is 2.75. The average Bonchev–Trinajstić information content (AvgIpc) is 2.88. The van der Waals surface area contributed by atoms with Crippen LogP contribution in [0.4, 0.5) is 5.88 Å². The third-order valence-electron chi connectivity index (χ3n) is 3.83. The molecule has 19 heavy (non-hydrogen) atoms. The number of nitrogens with zero attached hydrogens (tertiary/aromatic N) is 1. The van der Waals surface area contributed by atoms with Crippen molar-refractivity contribution >= 4 is 18.3 Å². The quantitative estimate of drug-likeness (QED) is 0.620. The summed E-state index contributed by atoms with van der Waals surface area (Å²) in [5, 5.41) is 0.